The molecule has 7 heteroatoms. The Kier molecular flexibility index (Phi) is 1.78. The van der Waals surface area contributed by atoms with Crippen molar-refractivity contribution in [2.75, 3.05) is 5.73 Å². The molecular weight excluding hydrogens is 164 g/mol. The highest BCUT2D eigenvalue weighted by atomic mass is 16.3. The van der Waals surface area contributed by atoms with Crippen LogP contribution in [-0.4, -0.2) is 9.55 Å². The molecule has 0 aliphatic carbocycles. The average molecular weight is 169 g/mol. The van der Waals surface area contributed by atoms with Crippen LogP contribution in [0.2, 0.25) is 0 Å². The summed E-state index contributed by atoms with van der Waals surface area (Å²) in [7, 11) is 1.29. The van der Waals surface area contributed by atoms with Crippen LogP contribution in [0.5, 0.6) is 5.88 Å². The molecule has 0 fully saturated rings. The predicted molar refractivity (Wildman–Crippen MR) is 38.8 cm³/mol. The Bertz CT molecular complexity index is 383. The molecule has 1 rings (SSSR count). The fourth-order valence-corrected chi connectivity index (χ4v) is 0.672. The highest BCUT2D eigenvalue weighted by Gasteiger charge is 2.06. The fourth-order valence-electron chi connectivity index (χ4n) is 0.672. The SMILES string of the molecule is Cn1c(N)c(N=O)c([O-])nc1=O. The zero-order valence-corrected chi connectivity index (χ0v) is 6.14. The first-order valence-electron chi connectivity index (χ1n) is 2.94. The van der Waals surface area contributed by atoms with Crippen LogP contribution in [0.4, 0.5) is 11.5 Å². The zero-order valence-electron chi connectivity index (χ0n) is 6.14. The van der Waals surface area contributed by atoms with Crippen LogP contribution in [0.25, 0.3) is 0 Å². The number of aromatic nitrogens is 2. The first kappa shape index (κ1) is 8.18. The van der Waals surface area contributed by atoms with Gasteiger partial charge in [-0.2, -0.15) is 0 Å². The Hall–Kier alpha value is -1.92. The lowest BCUT2D eigenvalue weighted by molar-refractivity contribution is -0.274. The summed E-state index contributed by atoms with van der Waals surface area (Å²) in [6.45, 7) is 0. The van der Waals surface area contributed by atoms with Crippen LogP contribution >= 0.6 is 0 Å². The summed E-state index contributed by atoms with van der Waals surface area (Å²) < 4.78 is 0.873. The molecule has 0 unspecified atom stereocenters. The molecule has 1 aromatic rings. The molecule has 0 spiro atoms. The van der Waals surface area contributed by atoms with Crippen molar-refractivity contribution >= 4 is 11.5 Å². The first-order valence-corrected chi connectivity index (χ1v) is 2.94. The maximum Gasteiger partial charge on any atom is 0.348 e. The molecule has 64 valence electrons. The fraction of sp³-hybridized carbons (Fsp3) is 0.200. The van der Waals surface area contributed by atoms with Crippen LogP contribution < -0.4 is 16.5 Å². The first-order chi connectivity index (χ1) is 5.57. The Morgan fingerprint density at radius 1 is 1.67 bits per heavy atom. The maximum absolute atomic E-state index is 10.8. The van der Waals surface area contributed by atoms with Gasteiger partial charge >= 0.3 is 5.69 Å². The van der Waals surface area contributed by atoms with Gasteiger partial charge in [0.1, 0.15) is 5.82 Å². The minimum absolute atomic E-state index is 0.269. The summed E-state index contributed by atoms with van der Waals surface area (Å²) in [5, 5.41) is 13.1. The van der Waals surface area contributed by atoms with Crippen molar-refractivity contribution in [3.63, 3.8) is 0 Å². The van der Waals surface area contributed by atoms with Gasteiger partial charge in [-0.3, -0.25) is 4.57 Å². The number of hydrogen-bond acceptors (Lipinski definition) is 6. The molecule has 0 aliphatic rings. The van der Waals surface area contributed by atoms with E-state index in [4.69, 9.17) is 5.73 Å². The molecule has 1 aromatic heterocycles. The van der Waals surface area contributed by atoms with Crippen LogP contribution in [0.15, 0.2) is 9.97 Å². The number of anilines is 1. The topological polar surface area (TPSA) is 113 Å². The number of nitrogens with zero attached hydrogens (tertiary/aromatic N) is 3. The Labute approximate surface area is 66.4 Å². The minimum Gasteiger partial charge on any atom is -0.857 e. The number of hydrogen-bond donors (Lipinski definition) is 1. The van der Waals surface area contributed by atoms with E-state index in [1.165, 1.54) is 7.05 Å². The molecule has 0 amide bonds. The normalized spacial score (nSPS) is 9.75. The predicted octanol–water partition coefficient (Wildman–Crippen LogP) is -1.17. The van der Waals surface area contributed by atoms with E-state index in [9.17, 15) is 14.8 Å². The molecule has 0 atom stereocenters. The molecule has 0 radical (unpaired) electrons. The minimum atomic E-state index is -0.995. The van der Waals surface area contributed by atoms with Crippen molar-refractivity contribution in [2.45, 2.75) is 0 Å². The smallest absolute Gasteiger partial charge is 0.348 e. The summed E-state index contributed by atoms with van der Waals surface area (Å²) in [6.07, 6.45) is 0. The number of nitroso groups, excluding NO2 is 1. The standard InChI is InChI=1S/C5H6N4O3/c1-9-3(6)2(8-12)4(10)7-5(9)11/h6H2,1H3,(H,7,10,11)/p-1. The molecule has 0 aromatic carbocycles. The van der Waals surface area contributed by atoms with Gasteiger partial charge < -0.3 is 10.8 Å². The van der Waals surface area contributed by atoms with Gasteiger partial charge in [-0.05, 0) is 5.18 Å². The molecule has 2 N–H and O–H groups in total. The van der Waals surface area contributed by atoms with Gasteiger partial charge in [-0.25, -0.2) is 9.78 Å². The van der Waals surface area contributed by atoms with Gasteiger partial charge in [0, 0.05) is 12.9 Å². The third-order valence-corrected chi connectivity index (χ3v) is 1.38. The van der Waals surface area contributed by atoms with Crippen molar-refractivity contribution in [3.05, 3.63) is 15.4 Å². The van der Waals surface area contributed by atoms with E-state index in [2.05, 4.69) is 10.2 Å². The molecular formula is C5H5N4O3-. The molecule has 12 heavy (non-hydrogen) atoms. The lowest BCUT2D eigenvalue weighted by Gasteiger charge is -2.09. The van der Waals surface area contributed by atoms with Crippen molar-refractivity contribution in [1.29, 1.82) is 0 Å². The molecule has 7 nitrogen and oxygen atoms in total. The highest BCUT2D eigenvalue weighted by molar-refractivity contribution is 5.62. The second-order valence-electron chi connectivity index (χ2n) is 2.08. The summed E-state index contributed by atoms with van der Waals surface area (Å²) in [5.41, 5.74) is 3.89. The van der Waals surface area contributed by atoms with E-state index in [1.54, 1.807) is 0 Å². The van der Waals surface area contributed by atoms with Gasteiger partial charge in [0.2, 0.25) is 0 Å². The number of nitrogen functional groups attached to an aromatic ring is 1. The van der Waals surface area contributed by atoms with Gasteiger partial charge in [0.15, 0.2) is 5.69 Å². The average Bonchev–Trinajstić information content (AvgIpc) is 2.01. The van der Waals surface area contributed by atoms with E-state index >= 15 is 0 Å². The summed E-state index contributed by atoms with van der Waals surface area (Å²) in [4.78, 5) is 23.8. The summed E-state index contributed by atoms with van der Waals surface area (Å²) >= 11 is 0. The van der Waals surface area contributed by atoms with E-state index in [0.29, 0.717) is 0 Å². The van der Waals surface area contributed by atoms with Gasteiger partial charge in [-0.15, -0.1) is 4.91 Å². The van der Waals surface area contributed by atoms with Crippen molar-refractivity contribution in [1.82, 2.24) is 9.55 Å². The zero-order chi connectivity index (χ0) is 9.30. The third kappa shape index (κ3) is 1.00. The highest BCUT2D eigenvalue weighted by Crippen LogP contribution is 2.25. The van der Waals surface area contributed by atoms with Crippen LogP contribution in [0, 0.1) is 4.91 Å². The Morgan fingerprint density at radius 2 is 2.25 bits per heavy atom. The van der Waals surface area contributed by atoms with E-state index in [1.807, 2.05) is 0 Å². The van der Waals surface area contributed by atoms with Crippen LogP contribution in [0.1, 0.15) is 0 Å². The second kappa shape index (κ2) is 2.61. The Morgan fingerprint density at radius 3 is 2.75 bits per heavy atom. The number of rotatable bonds is 1. The van der Waals surface area contributed by atoms with Crippen molar-refractivity contribution in [3.8, 4) is 5.88 Å². The van der Waals surface area contributed by atoms with Crippen LogP contribution in [0.3, 0.4) is 0 Å². The second-order valence-corrected chi connectivity index (χ2v) is 2.08. The van der Waals surface area contributed by atoms with Crippen molar-refractivity contribution < 1.29 is 5.11 Å². The maximum atomic E-state index is 10.8. The Balaban J connectivity index is 3.62. The van der Waals surface area contributed by atoms with Gasteiger partial charge in [-0.1, -0.05) is 0 Å². The lowest BCUT2D eigenvalue weighted by atomic mass is 10.4. The van der Waals surface area contributed by atoms with E-state index < -0.39 is 17.3 Å². The third-order valence-electron chi connectivity index (χ3n) is 1.38. The number of nitrogens with two attached hydrogens (primary N) is 1. The molecule has 0 saturated carbocycles. The molecule has 1 heterocycles. The molecule has 0 bridgehead atoms. The van der Waals surface area contributed by atoms with Crippen molar-refractivity contribution in [2.24, 2.45) is 12.2 Å². The van der Waals surface area contributed by atoms with E-state index in [-0.39, 0.29) is 5.82 Å². The van der Waals surface area contributed by atoms with Gasteiger partial charge in [0.25, 0.3) is 0 Å². The summed E-state index contributed by atoms with van der Waals surface area (Å²) in [6, 6.07) is 0. The van der Waals surface area contributed by atoms with Crippen LogP contribution in [-0.2, 0) is 7.05 Å². The lowest BCUT2D eigenvalue weighted by Crippen LogP contribution is -2.24. The van der Waals surface area contributed by atoms with E-state index in [0.717, 1.165) is 4.57 Å². The molecule has 0 saturated heterocycles. The summed E-state index contributed by atoms with van der Waals surface area (Å²) in [5.74, 6) is -1.26. The largest absolute Gasteiger partial charge is 0.857 e. The monoisotopic (exact) mass is 169 g/mol. The van der Waals surface area contributed by atoms with Gasteiger partial charge in [0.05, 0.1) is 0 Å². The molecule has 0 aliphatic heterocycles. The quantitative estimate of drug-likeness (QED) is 0.532.